The van der Waals surface area contributed by atoms with Gasteiger partial charge in [0.05, 0.1) is 25.2 Å². The van der Waals surface area contributed by atoms with E-state index in [0.717, 1.165) is 5.56 Å². The molecular weight excluding hydrogens is 414 g/mol. The third kappa shape index (κ3) is 6.19. The number of amides is 2. The summed E-state index contributed by atoms with van der Waals surface area (Å²) in [7, 11) is 2.85. The van der Waals surface area contributed by atoms with Gasteiger partial charge in [-0.15, -0.1) is 0 Å². The van der Waals surface area contributed by atoms with Gasteiger partial charge in [0.2, 0.25) is 5.91 Å². The smallest absolute Gasteiger partial charge is 0.276 e. The molecule has 9 nitrogen and oxygen atoms in total. The Bertz CT molecular complexity index is 990. The molecule has 0 aliphatic carbocycles. The van der Waals surface area contributed by atoms with Crippen LogP contribution in [0.1, 0.15) is 35.3 Å². The van der Waals surface area contributed by atoms with Gasteiger partial charge >= 0.3 is 0 Å². The Labute approximate surface area is 187 Å². The van der Waals surface area contributed by atoms with Crippen molar-refractivity contribution < 1.29 is 24.0 Å². The van der Waals surface area contributed by atoms with Gasteiger partial charge < -0.3 is 20.1 Å². The van der Waals surface area contributed by atoms with Crippen molar-refractivity contribution in [3.8, 4) is 11.5 Å². The number of methoxy groups -OCH3 is 2. The van der Waals surface area contributed by atoms with E-state index in [1.165, 1.54) is 26.4 Å². The van der Waals surface area contributed by atoms with Crippen molar-refractivity contribution in [2.24, 2.45) is 5.92 Å². The largest absolute Gasteiger partial charge is 0.493 e. The first-order valence-corrected chi connectivity index (χ1v) is 10.2. The molecular formula is C23H29N3O6. The SMILES string of the molecule is COc1cc(CCNC(=O)[C@H](NC(=O)c2cccc(C)c2)C(C)C)c([N+](=O)[O-])cc1OC. The highest BCUT2D eigenvalue weighted by molar-refractivity contribution is 5.97. The van der Waals surface area contributed by atoms with E-state index in [0.29, 0.717) is 16.9 Å². The van der Waals surface area contributed by atoms with Crippen LogP contribution in [0, 0.1) is 23.0 Å². The average Bonchev–Trinajstić information content (AvgIpc) is 2.76. The molecule has 2 aromatic carbocycles. The molecule has 0 radical (unpaired) electrons. The lowest BCUT2D eigenvalue weighted by molar-refractivity contribution is -0.385. The van der Waals surface area contributed by atoms with E-state index in [2.05, 4.69) is 10.6 Å². The number of benzene rings is 2. The zero-order valence-electron chi connectivity index (χ0n) is 18.9. The highest BCUT2D eigenvalue weighted by Crippen LogP contribution is 2.34. The molecule has 2 aromatic rings. The minimum atomic E-state index is -0.747. The lowest BCUT2D eigenvalue weighted by Gasteiger charge is -2.22. The molecule has 172 valence electrons. The molecule has 0 aromatic heterocycles. The topological polar surface area (TPSA) is 120 Å². The molecule has 32 heavy (non-hydrogen) atoms. The number of hydrogen-bond acceptors (Lipinski definition) is 6. The molecule has 0 fully saturated rings. The van der Waals surface area contributed by atoms with E-state index in [4.69, 9.17) is 9.47 Å². The monoisotopic (exact) mass is 443 g/mol. The number of rotatable bonds is 10. The zero-order chi connectivity index (χ0) is 23.8. The van der Waals surface area contributed by atoms with Crippen LogP contribution in [0.5, 0.6) is 11.5 Å². The minimum absolute atomic E-state index is 0.120. The fraction of sp³-hybridized carbons (Fsp3) is 0.391. The fourth-order valence-electron chi connectivity index (χ4n) is 3.26. The van der Waals surface area contributed by atoms with Gasteiger partial charge in [-0.1, -0.05) is 31.5 Å². The van der Waals surface area contributed by atoms with Crippen molar-refractivity contribution in [1.29, 1.82) is 0 Å². The van der Waals surface area contributed by atoms with Crippen LogP contribution in [0.25, 0.3) is 0 Å². The van der Waals surface area contributed by atoms with E-state index in [-0.39, 0.29) is 42.1 Å². The van der Waals surface area contributed by atoms with Gasteiger partial charge in [0.25, 0.3) is 11.6 Å². The Morgan fingerprint density at radius 2 is 1.75 bits per heavy atom. The zero-order valence-corrected chi connectivity index (χ0v) is 18.9. The first-order chi connectivity index (χ1) is 15.2. The summed E-state index contributed by atoms with van der Waals surface area (Å²) in [6.45, 7) is 5.70. The second-order valence-corrected chi connectivity index (χ2v) is 7.70. The molecule has 0 unspecified atom stereocenters. The van der Waals surface area contributed by atoms with Gasteiger partial charge in [0.15, 0.2) is 11.5 Å². The molecule has 2 N–H and O–H groups in total. The predicted octanol–water partition coefficient (Wildman–Crippen LogP) is 3.03. The minimum Gasteiger partial charge on any atom is -0.493 e. The van der Waals surface area contributed by atoms with Crippen LogP contribution < -0.4 is 20.1 Å². The summed E-state index contributed by atoms with van der Waals surface area (Å²) in [5.41, 5.74) is 1.70. The number of nitro benzene ring substituents is 1. The number of hydrogen-bond donors (Lipinski definition) is 2. The van der Waals surface area contributed by atoms with Crippen LogP contribution in [-0.4, -0.2) is 43.5 Å². The van der Waals surface area contributed by atoms with Crippen LogP contribution in [0.2, 0.25) is 0 Å². The van der Waals surface area contributed by atoms with E-state index in [9.17, 15) is 19.7 Å². The van der Waals surface area contributed by atoms with Crippen molar-refractivity contribution in [3.05, 3.63) is 63.2 Å². The summed E-state index contributed by atoms with van der Waals surface area (Å²) in [5, 5.41) is 17.0. The number of carbonyl (C=O) groups is 2. The van der Waals surface area contributed by atoms with Crippen LogP contribution in [0.15, 0.2) is 36.4 Å². The number of ether oxygens (including phenoxy) is 2. The molecule has 9 heteroatoms. The third-order valence-corrected chi connectivity index (χ3v) is 4.99. The number of nitro groups is 1. The van der Waals surface area contributed by atoms with Crippen molar-refractivity contribution in [2.45, 2.75) is 33.2 Å². The van der Waals surface area contributed by atoms with Gasteiger partial charge in [-0.2, -0.15) is 0 Å². The summed E-state index contributed by atoms with van der Waals surface area (Å²) in [6, 6.07) is 9.19. The lowest BCUT2D eigenvalue weighted by Crippen LogP contribution is -2.50. The van der Waals surface area contributed by atoms with E-state index in [1.807, 2.05) is 26.8 Å². The molecule has 1 atom stereocenters. The maximum atomic E-state index is 12.7. The van der Waals surface area contributed by atoms with Crippen LogP contribution in [-0.2, 0) is 11.2 Å². The van der Waals surface area contributed by atoms with Gasteiger partial charge in [-0.3, -0.25) is 19.7 Å². The van der Waals surface area contributed by atoms with Gasteiger partial charge in [-0.25, -0.2) is 0 Å². The molecule has 2 rings (SSSR count). The molecule has 0 heterocycles. The van der Waals surface area contributed by atoms with Gasteiger partial charge in [-0.05, 0) is 37.5 Å². The third-order valence-electron chi connectivity index (χ3n) is 4.99. The summed E-state index contributed by atoms with van der Waals surface area (Å²) < 4.78 is 10.3. The Balaban J connectivity index is 2.08. The maximum Gasteiger partial charge on any atom is 0.276 e. The van der Waals surface area contributed by atoms with E-state index in [1.54, 1.807) is 18.2 Å². The van der Waals surface area contributed by atoms with Crippen molar-refractivity contribution in [2.75, 3.05) is 20.8 Å². The molecule has 0 aliphatic rings. The highest BCUT2D eigenvalue weighted by Gasteiger charge is 2.25. The number of aryl methyl sites for hydroxylation is 1. The molecule has 0 aliphatic heterocycles. The van der Waals surface area contributed by atoms with Gasteiger partial charge in [0.1, 0.15) is 6.04 Å². The van der Waals surface area contributed by atoms with Crippen LogP contribution >= 0.6 is 0 Å². The molecule has 2 amide bonds. The standard InChI is InChI=1S/C23H29N3O6/c1-14(2)21(25-22(27)17-8-6-7-15(3)11-17)23(28)24-10-9-16-12-19(31-4)20(32-5)13-18(16)26(29)30/h6-8,11-14,21H,9-10H2,1-5H3,(H,24,28)(H,25,27)/t21-/m1/s1. The Morgan fingerprint density at radius 1 is 1.09 bits per heavy atom. The predicted molar refractivity (Wildman–Crippen MR) is 120 cm³/mol. The van der Waals surface area contributed by atoms with E-state index < -0.39 is 11.0 Å². The average molecular weight is 444 g/mol. The van der Waals surface area contributed by atoms with Crippen molar-refractivity contribution in [3.63, 3.8) is 0 Å². The Kier molecular flexibility index (Phi) is 8.57. The highest BCUT2D eigenvalue weighted by atomic mass is 16.6. The lowest BCUT2D eigenvalue weighted by atomic mass is 10.0. The summed E-state index contributed by atoms with van der Waals surface area (Å²) in [6.07, 6.45) is 0.207. The second-order valence-electron chi connectivity index (χ2n) is 7.70. The first-order valence-electron chi connectivity index (χ1n) is 10.2. The van der Waals surface area contributed by atoms with Crippen molar-refractivity contribution in [1.82, 2.24) is 10.6 Å². The number of carbonyl (C=O) groups excluding carboxylic acids is 2. The second kappa shape index (κ2) is 11.1. The van der Waals surface area contributed by atoms with Crippen LogP contribution in [0.4, 0.5) is 5.69 Å². The van der Waals surface area contributed by atoms with Crippen molar-refractivity contribution >= 4 is 17.5 Å². The summed E-state index contributed by atoms with van der Waals surface area (Å²) in [5.74, 6) is -0.225. The molecule has 0 saturated heterocycles. The first kappa shape index (κ1) is 24.6. The molecule has 0 saturated carbocycles. The maximum absolute atomic E-state index is 12.7. The van der Waals surface area contributed by atoms with Gasteiger partial charge in [0, 0.05) is 17.7 Å². The summed E-state index contributed by atoms with van der Waals surface area (Å²) in [4.78, 5) is 36.3. The quantitative estimate of drug-likeness (QED) is 0.430. The Morgan fingerprint density at radius 3 is 2.31 bits per heavy atom. The number of nitrogens with zero attached hydrogens (tertiary/aromatic N) is 1. The summed E-state index contributed by atoms with van der Waals surface area (Å²) >= 11 is 0. The fourth-order valence-corrected chi connectivity index (χ4v) is 3.26. The Hall–Kier alpha value is -3.62. The molecule has 0 spiro atoms. The molecule has 0 bridgehead atoms. The number of nitrogens with one attached hydrogen (secondary N) is 2. The van der Waals surface area contributed by atoms with E-state index >= 15 is 0 Å². The van der Waals surface area contributed by atoms with Crippen LogP contribution in [0.3, 0.4) is 0 Å². The normalized spacial score (nSPS) is 11.6.